The number of nitro benzene ring substituents is 1. The van der Waals surface area contributed by atoms with Crippen LogP contribution in [0.5, 0.6) is 0 Å². The van der Waals surface area contributed by atoms with E-state index >= 15 is 0 Å². The van der Waals surface area contributed by atoms with Crippen molar-refractivity contribution in [2.45, 2.75) is 0 Å². The third-order valence-corrected chi connectivity index (χ3v) is 4.48. The fraction of sp³-hybridized carbons (Fsp3) is 0. The van der Waals surface area contributed by atoms with Gasteiger partial charge < -0.3 is 5.32 Å². The Morgan fingerprint density at radius 3 is 2.42 bits per heavy atom. The Morgan fingerprint density at radius 2 is 1.71 bits per heavy atom. The summed E-state index contributed by atoms with van der Waals surface area (Å²) in [6.45, 7) is 0. The zero-order valence-electron chi connectivity index (χ0n) is 15.8. The van der Waals surface area contributed by atoms with Crippen LogP contribution in [0, 0.1) is 21.7 Å². The average molecular weight is 420 g/mol. The van der Waals surface area contributed by atoms with Gasteiger partial charge in [0.05, 0.1) is 16.3 Å². The summed E-state index contributed by atoms with van der Waals surface area (Å²) in [4.78, 5) is 23.5. The van der Waals surface area contributed by atoms with Crippen molar-refractivity contribution in [2.24, 2.45) is 0 Å². The van der Waals surface area contributed by atoms with Gasteiger partial charge >= 0.3 is 0 Å². The number of hydrogen-bond acceptors (Lipinski definition) is 4. The van der Waals surface area contributed by atoms with Crippen molar-refractivity contribution >= 4 is 17.3 Å². The molecule has 0 radical (unpaired) electrons. The van der Waals surface area contributed by atoms with Crippen LogP contribution in [0.3, 0.4) is 0 Å². The highest BCUT2D eigenvalue weighted by molar-refractivity contribution is 6.04. The maximum atomic E-state index is 14.3. The summed E-state index contributed by atoms with van der Waals surface area (Å²) < 4.78 is 28.6. The number of benzene rings is 3. The molecule has 4 aromatic rings. The van der Waals surface area contributed by atoms with E-state index in [9.17, 15) is 23.7 Å². The molecule has 1 N–H and O–H groups in total. The fourth-order valence-corrected chi connectivity index (χ4v) is 3.01. The van der Waals surface area contributed by atoms with Gasteiger partial charge in [-0.1, -0.05) is 18.2 Å². The lowest BCUT2D eigenvalue weighted by atomic mass is 10.1. The number of nitrogens with one attached hydrogen (secondary N) is 1. The predicted molar refractivity (Wildman–Crippen MR) is 110 cm³/mol. The smallest absolute Gasteiger partial charge is 0.274 e. The first kappa shape index (κ1) is 19.9. The Hall–Kier alpha value is -4.40. The molecule has 0 saturated heterocycles. The van der Waals surface area contributed by atoms with E-state index in [4.69, 9.17) is 0 Å². The van der Waals surface area contributed by atoms with Crippen LogP contribution in [-0.4, -0.2) is 20.6 Å². The largest absolute Gasteiger partial charge is 0.321 e. The zero-order chi connectivity index (χ0) is 22.0. The summed E-state index contributed by atoms with van der Waals surface area (Å²) in [5.74, 6) is -1.59. The van der Waals surface area contributed by atoms with Crippen molar-refractivity contribution in [3.63, 3.8) is 0 Å². The third-order valence-electron chi connectivity index (χ3n) is 4.48. The van der Waals surface area contributed by atoms with Gasteiger partial charge in [-0.05, 0) is 48.5 Å². The standard InChI is InChI=1S/C22H14F2N4O3/c23-14-8-10-15(11-9-14)25-22(29)21-13-20(18-6-1-2-7-19(18)24)26-27(21)16-4-3-5-17(12-16)28(30)31/h1-13H,(H,25,29). The lowest BCUT2D eigenvalue weighted by Crippen LogP contribution is -2.17. The maximum absolute atomic E-state index is 14.3. The van der Waals surface area contributed by atoms with Crippen molar-refractivity contribution in [1.82, 2.24) is 9.78 Å². The molecule has 1 aromatic heterocycles. The van der Waals surface area contributed by atoms with E-state index in [1.807, 2.05) is 0 Å². The lowest BCUT2D eigenvalue weighted by Gasteiger charge is -2.08. The van der Waals surface area contributed by atoms with E-state index in [1.54, 1.807) is 12.1 Å². The average Bonchev–Trinajstić information content (AvgIpc) is 3.21. The Morgan fingerprint density at radius 1 is 0.968 bits per heavy atom. The molecule has 1 amide bonds. The minimum absolute atomic E-state index is 0.0167. The minimum atomic E-state index is -0.604. The van der Waals surface area contributed by atoms with Gasteiger partial charge in [-0.25, -0.2) is 13.5 Å². The van der Waals surface area contributed by atoms with Crippen LogP contribution in [0.25, 0.3) is 16.9 Å². The van der Waals surface area contributed by atoms with E-state index in [1.165, 1.54) is 71.4 Å². The predicted octanol–water partition coefficient (Wildman–Crippen LogP) is 4.98. The highest BCUT2D eigenvalue weighted by Crippen LogP contribution is 2.26. The molecule has 0 aliphatic rings. The topological polar surface area (TPSA) is 90.1 Å². The Bertz CT molecular complexity index is 1290. The van der Waals surface area contributed by atoms with E-state index in [0.717, 1.165) is 0 Å². The van der Waals surface area contributed by atoms with Gasteiger partial charge in [0, 0.05) is 23.4 Å². The van der Waals surface area contributed by atoms with Gasteiger partial charge in [-0.2, -0.15) is 5.10 Å². The highest BCUT2D eigenvalue weighted by atomic mass is 19.1. The second-order valence-corrected chi connectivity index (χ2v) is 6.54. The first-order chi connectivity index (χ1) is 14.9. The molecule has 0 fully saturated rings. The molecule has 0 saturated carbocycles. The molecule has 0 atom stereocenters. The summed E-state index contributed by atoms with van der Waals surface area (Å²) in [7, 11) is 0. The zero-order valence-corrected chi connectivity index (χ0v) is 15.8. The maximum Gasteiger partial charge on any atom is 0.274 e. The van der Waals surface area contributed by atoms with Crippen molar-refractivity contribution in [3.05, 3.63) is 106 Å². The number of hydrogen-bond donors (Lipinski definition) is 1. The van der Waals surface area contributed by atoms with Gasteiger partial charge in [0.2, 0.25) is 0 Å². The Kier molecular flexibility index (Phi) is 5.23. The minimum Gasteiger partial charge on any atom is -0.321 e. The number of non-ortho nitro benzene ring substituents is 1. The van der Waals surface area contributed by atoms with Gasteiger partial charge in [0.25, 0.3) is 11.6 Å². The summed E-state index contributed by atoms with van der Waals surface area (Å²) in [5, 5.41) is 18.1. The number of rotatable bonds is 5. The van der Waals surface area contributed by atoms with Gasteiger partial charge in [-0.15, -0.1) is 0 Å². The van der Waals surface area contributed by atoms with Crippen LogP contribution in [0.2, 0.25) is 0 Å². The van der Waals surface area contributed by atoms with Crippen LogP contribution in [0.1, 0.15) is 10.5 Å². The number of amides is 1. The van der Waals surface area contributed by atoms with Gasteiger partial charge in [-0.3, -0.25) is 14.9 Å². The lowest BCUT2D eigenvalue weighted by molar-refractivity contribution is -0.384. The summed E-state index contributed by atoms with van der Waals surface area (Å²) in [6.07, 6.45) is 0. The van der Waals surface area contributed by atoms with Crippen molar-refractivity contribution in [3.8, 4) is 16.9 Å². The van der Waals surface area contributed by atoms with Gasteiger partial charge in [0.15, 0.2) is 0 Å². The van der Waals surface area contributed by atoms with Crippen LogP contribution >= 0.6 is 0 Å². The SMILES string of the molecule is O=C(Nc1ccc(F)cc1)c1cc(-c2ccccc2F)nn1-c1cccc([N+](=O)[O-])c1. The number of nitro groups is 1. The number of carbonyl (C=O) groups is 1. The second kappa shape index (κ2) is 8.15. The van der Waals surface area contributed by atoms with Crippen LogP contribution in [0.15, 0.2) is 78.9 Å². The number of carbonyl (C=O) groups excluding carboxylic acids is 1. The molecule has 4 rings (SSSR count). The molecule has 0 unspecified atom stereocenters. The molecule has 3 aromatic carbocycles. The molecule has 0 aliphatic heterocycles. The van der Waals surface area contributed by atoms with Crippen LogP contribution in [-0.2, 0) is 0 Å². The first-order valence-corrected chi connectivity index (χ1v) is 9.09. The summed E-state index contributed by atoms with van der Waals surface area (Å²) >= 11 is 0. The molecule has 154 valence electrons. The van der Waals surface area contributed by atoms with Crippen LogP contribution in [0.4, 0.5) is 20.2 Å². The molecule has 7 nitrogen and oxygen atoms in total. The second-order valence-electron chi connectivity index (χ2n) is 6.54. The Labute approximate surface area is 174 Å². The van der Waals surface area contributed by atoms with Crippen LogP contribution < -0.4 is 5.32 Å². The summed E-state index contributed by atoms with van der Waals surface area (Å²) in [6, 6.07) is 18.0. The van der Waals surface area contributed by atoms with Crippen molar-refractivity contribution < 1.29 is 18.5 Å². The highest BCUT2D eigenvalue weighted by Gasteiger charge is 2.20. The quantitative estimate of drug-likeness (QED) is 0.364. The molecule has 9 heteroatoms. The summed E-state index contributed by atoms with van der Waals surface area (Å²) in [5.41, 5.74) is 0.761. The monoisotopic (exact) mass is 420 g/mol. The first-order valence-electron chi connectivity index (χ1n) is 9.09. The van der Waals surface area contributed by atoms with Crippen molar-refractivity contribution in [2.75, 3.05) is 5.32 Å². The van der Waals surface area contributed by atoms with E-state index in [0.29, 0.717) is 5.69 Å². The molecule has 0 aliphatic carbocycles. The molecular weight excluding hydrogens is 406 g/mol. The molecule has 31 heavy (non-hydrogen) atoms. The normalized spacial score (nSPS) is 10.6. The number of anilines is 1. The number of halogens is 2. The molecule has 1 heterocycles. The number of aromatic nitrogens is 2. The number of nitrogens with zero attached hydrogens (tertiary/aromatic N) is 3. The third kappa shape index (κ3) is 4.15. The molecular formula is C22H14F2N4O3. The van der Waals surface area contributed by atoms with E-state index in [2.05, 4.69) is 10.4 Å². The fourth-order valence-electron chi connectivity index (χ4n) is 3.01. The van der Waals surface area contributed by atoms with E-state index < -0.39 is 22.5 Å². The van der Waals surface area contributed by atoms with E-state index in [-0.39, 0.29) is 28.3 Å². The molecule has 0 bridgehead atoms. The van der Waals surface area contributed by atoms with Crippen molar-refractivity contribution in [1.29, 1.82) is 0 Å². The van der Waals surface area contributed by atoms with Gasteiger partial charge in [0.1, 0.15) is 17.3 Å². The Balaban J connectivity index is 1.81. The molecule has 0 spiro atoms.